The molecule has 1 N–H and O–H groups in total. The Morgan fingerprint density at radius 2 is 2.00 bits per heavy atom. The number of aryl methyl sites for hydroxylation is 1. The molecule has 90 valence electrons. The molecule has 0 bridgehead atoms. The van der Waals surface area contributed by atoms with Gasteiger partial charge in [0, 0.05) is 0 Å². The molecule has 0 aliphatic carbocycles. The van der Waals surface area contributed by atoms with Crippen molar-refractivity contribution < 1.29 is 0 Å². The molecule has 0 aliphatic rings. The molecule has 0 amide bonds. The molecule has 0 atom stereocenters. The van der Waals surface area contributed by atoms with Crippen molar-refractivity contribution in [3.8, 4) is 0 Å². The maximum atomic E-state index is 4.41. The van der Waals surface area contributed by atoms with Gasteiger partial charge in [-0.15, -0.1) is 0 Å². The lowest BCUT2D eigenvalue weighted by Crippen LogP contribution is -2.13. The minimum Gasteiger partial charge on any atom is -0.310 e. The maximum absolute atomic E-state index is 4.41. The Kier molecular flexibility index (Phi) is 3.88. The number of nitrogens with zero attached hydrogens (tertiary/aromatic N) is 3. The third-order valence-corrected chi connectivity index (χ3v) is 2.58. The standard InChI is InChI=1S/C13H18N4/c1-3-14-8-13-15-10-17(16-13)9-12-6-4-11(2)5-7-12/h4-7,10,14H,3,8-9H2,1-2H3. The Morgan fingerprint density at radius 3 is 2.71 bits per heavy atom. The smallest absolute Gasteiger partial charge is 0.164 e. The zero-order chi connectivity index (χ0) is 12.1. The van der Waals surface area contributed by atoms with Gasteiger partial charge in [-0.1, -0.05) is 36.8 Å². The highest BCUT2D eigenvalue weighted by Gasteiger charge is 2.00. The van der Waals surface area contributed by atoms with Gasteiger partial charge in [0.15, 0.2) is 5.82 Å². The van der Waals surface area contributed by atoms with Gasteiger partial charge in [-0.2, -0.15) is 5.10 Å². The fourth-order valence-corrected chi connectivity index (χ4v) is 1.61. The summed E-state index contributed by atoms with van der Waals surface area (Å²) in [5.74, 6) is 0.846. The highest BCUT2D eigenvalue weighted by Crippen LogP contribution is 2.04. The zero-order valence-electron chi connectivity index (χ0n) is 10.3. The molecule has 0 radical (unpaired) electrons. The molecule has 4 heteroatoms. The number of hydrogen-bond acceptors (Lipinski definition) is 3. The van der Waals surface area contributed by atoms with Crippen molar-refractivity contribution in [2.24, 2.45) is 0 Å². The van der Waals surface area contributed by atoms with Crippen LogP contribution in [0.5, 0.6) is 0 Å². The fraction of sp³-hybridized carbons (Fsp3) is 0.385. The quantitative estimate of drug-likeness (QED) is 0.851. The molecule has 0 saturated heterocycles. The van der Waals surface area contributed by atoms with Gasteiger partial charge < -0.3 is 5.32 Å². The van der Waals surface area contributed by atoms with Crippen LogP contribution in [0.2, 0.25) is 0 Å². The van der Waals surface area contributed by atoms with Crippen LogP contribution in [0.4, 0.5) is 0 Å². The normalized spacial score (nSPS) is 10.7. The number of hydrogen-bond donors (Lipinski definition) is 1. The fourth-order valence-electron chi connectivity index (χ4n) is 1.61. The van der Waals surface area contributed by atoms with E-state index in [1.54, 1.807) is 6.33 Å². The summed E-state index contributed by atoms with van der Waals surface area (Å²) < 4.78 is 1.87. The van der Waals surface area contributed by atoms with Crippen LogP contribution in [-0.2, 0) is 13.1 Å². The first-order chi connectivity index (χ1) is 8.28. The monoisotopic (exact) mass is 230 g/mol. The number of rotatable bonds is 5. The molecule has 1 aromatic heterocycles. The Balaban J connectivity index is 1.98. The van der Waals surface area contributed by atoms with Crippen LogP contribution in [0.3, 0.4) is 0 Å². The third kappa shape index (κ3) is 3.39. The van der Waals surface area contributed by atoms with E-state index < -0.39 is 0 Å². The van der Waals surface area contributed by atoms with Crippen LogP contribution < -0.4 is 5.32 Å². The van der Waals surface area contributed by atoms with Crippen molar-refractivity contribution in [3.63, 3.8) is 0 Å². The van der Waals surface area contributed by atoms with Crippen molar-refractivity contribution in [2.75, 3.05) is 6.54 Å². The van der Waals surface area contributed by atoms with Crippen molar-refractivity contribution in [2.45, 2.75) is 26.9 Å². The van der Waals surface area contributed by atoms with E-state index in [1.165, 1.54) is 11.1 Å². The van der Waals surface area contributed by atoms with Gasteiger partial charge in [-0.3, -0.25) is 0 Å². The molecule has 4 nitrogen and oxygen atoms in total. The number of nitrogens with one attached hydrogen (secondary N) is 1. The van der Waals surface area contributed by atoms with Crippen LogP contribution in [-0.4, -0.2) is 21.3 Å². The Labute approximate surface area is 102 Å². The van der Waals surface area contributed by atoms with E-state index in [0.29, 0.717) is 0 Å². The predicted octanol–water partition coefficient (Wildman–Crippen LogP) is 1.74. The molecular formula is C13H18N4. The first-order valence-electron chi connectivity index (χ1n) is 5.92. The van der Waals surface area contributed by atoms with E-state index in [0.717, 1.165) is 25.5 Å². The van der Waals surface area contributed by atoms with Crippen LogP contribution in [0.1, 0.15) is 23.9 Å². The molecular weight excluding hydrogens is 212 g/mol. The van der Waals surface area contributed by atoms with E-state index in [2.05, 4.69) is 53.5 Å². The van der Waals surface area contributed by atoms with E-state index in [-0.39, 0.29) is 0 Å². The minimum atomic E-state index is 0.734. The summed E-state index contributed by atoms with van der Waals surface area (Å²) in [6, 6.07) is 8.49. The van der Waals surface area contributed by atoms with Crippen LogP contribution in [0.25, 0.3) is 0 Å². The third-order valence-electron chi connectivity index (χ3n) is 2.58. The molecule has 0 aliphatic heterocycles. The van der Waals surface area contributed by atoms with Gasteiger partial charge in [0.1, 0.15) is 6.33 Å². The molecule has 17 heavy (non-hydrogen) atoms. The number of aromatic nitrogens is 3. The molecule has 2 rings (SSSR count). The molecule has 1 aromatic carbocycles. The average Bonchev–Trinajstić information content (AvgIpc) is 2.77. The largest absolute Gasteiger partial charge is 0.310 e. The summed E-state index contributed by atoms with van der Waals surface area (Å²) in [7, 11) is 0. The Morgan fingerprint density at radius 1 is 1.24 bits per heavy atom. The topological polar surface area (TPSA) is 42.7 Å². The summed E-state index contributed by atoms with van der Waals surface area (Å²) in [4.78, 5) is 4.26. The van der Waals surface area contributed by atoms with Crippen molar-refractivity contribution in [1.29, 1.82) is 0 Å². The van der Waals surface area contributed by atoms with Gasteiger partial charge in [0.25, 0.3) is 0 Å². The molecule has 0 spiro atoms. The lowest BCUT2D eigenvalue weighted by Gasteiger charge is -2.01. The highest BCUT2D eigenvalue weighted by atomic mass is 15.3. The first kappa shape index (κ1) is 11.8. The summed E-state index contributed by atoms with van der Waals surface area (Å²) in [6.45, 7) is 6.61. The van der Waals surface area contributed by atoms with Crippen LogP contribution in [0, 0.1) is 6.92 Å². The summed E-state index contributed by atoms with van der Waals surface area (Å²) in [5.41, 5.74) is 2.52. The lowest BCUT2D eigenvalue weighted by atomic mass is 10.1. The highest BCUT2D eigenvalue weighted by molar-refractivity contribution is 5.21. The van der Waals surface area contributed by atoms with E-state index in [9.17, 15) is 0 Å². The molecule has 0 unspecified atom stereocenters. The number of benzene rings is 1. The van der Waals surface area contributed by atoms with E-state index in [1.807, 2.05) is 4.68 Å². The van der Waals surface area contributed by atoms with Crippen LogP contribution >= 0.6 is 0 Å². The second kappa shape index (κ2) is 5.59. The molecule has 0 fully saturated rings. The maximum Gasteiger partial charge on any atom is 0.164 e. The van der Waals surface area contributed by atoms with Crippen molar-refractivity contribution in [1.82, 2.24) is 20.1 Å². The SMILES string of the molecule is CCNCc1ncn(Cc2ccc(C)cc2)n1. The molecule has 2 aromatic rings. The van der Waals surface area contributed by atoms with Gasteiger partial charge in [0.2, 0.25) is 0 Å². The van der Waals surface area contributed by atoms with Gasteiger partial charge in [0.05, 0.1) is 13.1 Å². The van der Waals surface area contributed by atoms with E-state index >= 15 is 0 Å². The second-order valence-electron chi connectivity index (χ2n) is 4.12. The van der Waals surface area contributed by atoms with Gasteiger partial charge >= 0.3 is 0 Å². The first-order valence-corrected chi connectivity index (χ1v) is 5.92. The predicted molar refractivity (Wildman–Crippen MR) is 67.7 cm³/mol. The summed E-state index contributed by atoms with van der Waals surface area (Å²) in [6.07, 6.45) is 1.78. The second-order valence-corrected chi connectivity index (χ2v) is 4.12. The Bertz CT molecular complexity index is 459. The summed E-state index contributed by atoms with van der Waals surface area (Å²) >= 11 is 0. The van der Waals surface area contributed by atoms with Gasteiger partial charge in [-0.05, 0) is 19.0 Å². The zero-order valence-corrected chi connectivity index (χ0v) is 10.3. The average molecular weight is 230 g/mol. The van der Waals surface area contributed by atoms with Crippen molar-refractivity contribution >= 4 is 0 Å². The summed E-state index contributed by atoms with van der Waals surface area (Å²) in [5, 5.41) is 7.62. The Hall–Kier alpha value is -1.68. The van der Waals surface area contributed by atoms with E-state index in [4.69, 9.17) is 0 Å². The minimum absolute atomic E-state index is 0.734. The lowest BCUT2D eigenvalue weighted by molar-refractivity contribution is 0.643. The van der Waals surface area contributed by atoms with Gasteiger partial charge in [-0.25, -0.2) is 9.67 Å². The van der Waals surface area contributed by atoms with Crippen molar-refractivity contribution in [3.05, 3.63) is 47.5 Å². The molecule has 1 heterocycles. The molecule has 0 saturated carbocycles. The van der Waals surface area contributed by atoms with Crippen LogP contribution in [0.15, 0.2) is 30.6 Å².